The molecule has 2 amide bonds. The van der Waals surface area contributed by atoms with Crippen LogP contribution in [0.4, 0.5) is 19.3 Å². The molecule has 3 N–H and O–H groups in total. The van der Waals surface area contributed by atoms with E-state index in [0.29, 0.717) is 6.07 Å². The third-order valence-corrected chi connectivity index (χ3v) is 2.56. The highest BCUT2D eigenvalue weighted by Gasteiger charge is 2.17. The average molecular weight is 295 g/mol. The fraction of sp³-hybridized carbons (Fsp3) is 0.364. The zero-order chi connectivity index (χ0) is 14.4. The topological polar surface area (TPSA) is 72.8 Å². The largest absolute Gasteiger partial charge is 0.395 e. The summed E-state index contributed by atoms with van der Waals surface area (Å²) in [5, 5.41) is 19.4. The summed E-state index contributed by atoms with van der Waals surface area (Å²) in [6, 6.07) is 0.697. The highest BCUT2D eigenvalue weighted by atomic mass is 35.5. The van der Waals surface area contributed by atoms with Crippen LogP contribution in [0.25, 0.3) is 0 Å². The molecule has 0 aliphatic rings. The van der Waals surface area contributed by atoms with E-state index in [-0.39, 0.29) is 37.0 Å². The molecule has 8 heteroatoms. The Bertz CT molecular complexity index is 431. The van der Waals surface area contributed by atoms with E-state index in [0.717, 1.165) is 11.0 Å². The van der Waals surface area contributed by atoms with Gasteiger partial charge >= 0.3 is 6.03 Å². The molecular weight excluding hydrogens is 282 g/mol. The van der Waals surface area contributed by atoms with Crippen LogP contribution >= 0.6 is 11.6 Å². The van der Waals surface area contributed by atoms with E-state index in [9.17, 15) is 13.6 Å². The number of anilines is 1. The molecule has 0 heterocycles. The van der Waals surface area contributed by atoms with Gasteiger partial charge in [0, 0.05) is 19.2 Å². The zero-order valence-corrected chi connectivity index (χ0v) is 10.6. The highest BCUT2D eigenvalue weighted by Crippen LogP contribution is 2.26. The first-order chi connectivity index (χ1) is 8.99. The maximum atomic E-state index is 13.5. The van der Waals surface area contributed by atoms with Gasteiger partial charge in [0.05, 0.1) is 23.9 Å². The van der Waals surface area contributed by atoms with Gasteiger partial charge in [-0.3, -0.25) is 0 Å². The Kier molecular flexibility index (Phi) is 5.94. The van der Waals surface area contributed by atoms with Gasteiger partial charge in [-0.05, 0) is 6.07 Å². The van der Waals surface area contributed by atoms with Crippen molar-refractivity contribution in [1.82, 2.24) is 4.90 Å². The summed E-state index contributed by atoms with van der Waals surface area (Å²) >= 11 is 5.63. The molecule has 106 valence electrons. The van der Waals surface area contributed by atoms with Gasteiger partial charge in [0.1, 0.15) is 5.82 Å². The number of urea groups is 1. The van der Waals surface area contributed by atoms with Crippen molar-refractivity contribution >= 4 is 23.3 Å². The number of amides is 2. The second kappa shape index (κ2) is 7.22. The number of nitrogens with zero attached hydrogens (tertiary/aromatic N) is 1. The average Bonchev–Trinajstić information content (AvgIpc) is 2.33. The van der Waals surface area contributed by atoms with Gasteiger partial charge < -0.3 is 20.4 Å². The number of carbonyl (C=O) groups excluding carboxylic acids is 1. The molecule has 5 nitrogen and oxygen atoms in total. The Morgan fingerprint density at radius 2 is 1.84 bits per heavy atom. The number of rotatable bonds is 5. The molecule has 1 aromatic carbocycles. The maximum absolute atomic E-state index is 13.5. The Hall–Kier alpha value is -1.44. The fourth-order valence-electron chi connectivity index (χ4n) is 1.40. The summed E-state index contributed by atoms with van der Waals surface area (Å²) < 4.78 is 26.3. The summed E-state index contributed by atoms with van der Waals surface area (Å²) in [5.74, 6) is -1.87. The van der Waals surface area contributed by atoms with Crippen molar-refractivity contribution in [1.29, 1.82) is 0 Å². The molecule has 0 bridgehead atoms. The number of aliphatic hydroxyl groups excluding tert-OH is 2. The molecule has 0 aliphatic carbocycles. The lowest BCUT2D eigenvalue weighted by Gasteiger charge is -2.21. The van der Waals surface area contributed by atoms with Gasteiger partial charge in [-0.2, -0.15) is 0 Å². The minimum absolute atomic E-state index is 0.0349. The predicted molar refractivity (Wildman–Crippen MR) is 66.1 cm³/mol. The molecule has 0 unspecified atom stereocenters. The first-order valence-corrected chi connectivity index (χ1v) is 5.79. The van der Waals surface area contributed by atoms with Crippen LogP contribution in [0, 0.1) is 11.6 Å². The summed E-state index contributed by atoms with van der Waals surface area (Å²) in [7, 11) is 0. The smallest absolute Gasteiger partial charge is 0.322 e. The standard InChI is InChI=1S/C11H13ClF2N2O3/c12-8-5-7(13)6-9(14)10(8)15-11(19)16(1-3-17)2-4-18/h5-6,17-18H,1-4H2,(H,15,19). The van der Waals surface area contributed by atoms with E-state index >= 15 is 0 Å². The molecule has 0 fully saturated rings. The summed E-state index contributed by atoms with van der Waals surface area (Å²) in [4.78, 5) is 12.8. The van der Waals surface area contributed by atoms with Gasteiger partial charge in [-0.15, -0.1) is 0 Å². The van der Waals surface area contributed by atoms with Gasteiger partial charge in [0.2, 0.25) is 0 Å². The predicted octanol–water partition coefficient (Wildman–Crippen LogP) is 1.44. The SMILES string of the molecule is O=C(Nc1c(F)cc(F)cc1Cl)N(CCO)CCO. The normalized spacial score (nSPS) is 10.4. The summed E-state index contributed by atoms with van der Waals surface area (Å²) in [5.41, 5.74) is -0.353. The Morgan fingerprint density at radius 1 is 1.26 bits per heavy atom. The molecule has 0 saturated carbocycles. The van der Waals surface area contributed by atoms with Crippen LogP contribution in [0.5, 0.6) is 0 Å². The molecule has 0 radical (unpaired) electrons. The Balaban J connectivity index is 2.86. The van der Waals surface area contributed by atoms with E-state index in [1.807, 2.05) is 0 Å². The van der Waals surface area contributed by atoms with E-state index in [1.54, 1.807) is 0 Å². The lowest BCUT2D eigenvalue weighted by Crippen LogP contribution is -2.39. The quantitative estimate of drug-likeness (QED) is 0.769. The fourth-order valence-corrected chi connectivity index (χ4v) is 1.65. The second-order valence-corrected chi connectivity index (χ2v) is 4.02. The minimum atomic E-state index is -1.01. The molecule has 0 aliphatic heterocycles. The van der Waals surface area contributed by atoms with Crippen LogP contribution < -0.4 is 5.32 Å². The van der Waals surface area contributed by atoms with Crippen molar-refractivity contribution in [3.63, 3.8) is 0 Å². The Labute approximate surface area is 113 Å². The summed E-state index contributed by atoms with van der Waals surface area (Å²) in [6.45, 7) is -0.695. The van der Waals surface area contributed by atoms with Crippen LogP contribution in [0.2, 0.25) is 5.02 Å². The highest BCUT2D eigenvalue weighted by molar-refractivity contribution is 6.33. The van der Waals surface area contributed by atoms with Gasteiger partial charge in [0.15, 0.2) is 5.82 Å². The number of aliphatic hydroxyl groups is 2. The molecule has 0 spiro atoms. The molecule has 0 saturated heterocycles. The lowest BCUT2D eigenvalue weighted by atomic mass is 10.3. The van der Waals surface area contributed by atoms with Crippen molar-refractivity contribution in [3.8, 4) is 0 Å². The molecule has 19 heavy (non-hydrogen) atoms. The maximum Gasteiger partial charge on any atom is 0.322 e. The molecule has 0 atom stereocenters. The minimum Gasteiger partial charge on any atom is -0.395 e. The zero-order valence-electron chi connectivity index (χ0n) is 9.87. The van der Waals surface area contributed by atoms with Crippen LogP contribution in [-0.2, 0) is 0 Å². The van der Waals surface area contributed by atoms with Crippen LogP contribution in [0.15, 0.2) is 12.1 Å². The lowest BCUT2D eigenvalue weighted by molar-refractivity contribution is 0.167. The van der Waals surface area contributed by atoms with E-state index in [4.69, 9.17) is 21.8 Å². The van der Waals surface area contributed by atoms with Crippen LogP contribution in [0.1, 0.15) is 0 Å². The third kappa shape index (κ3) is 4.30. The molecule has 1 aromatic rings. The van der Waals surface area contributed by atoms with Crippen LogP contribution in [0.3, 0.4) is 0 Å². The summed E-state index contributed by atoms with van der Waals surface area (Å²) in [6.07, 6.45) is 0. The van der Waals surface area contributed by atoms with Crippen molar-refractivity contribution in [2.24, 2.45) is 0 Å². The van der Waals surface area contributed by atoms with Crippen LogP contribution in [-0.4, -0.2) is 47.4 Å². The van der Waals surface area contributed by atoms with Crippen molar-refractivity contribution in [2.45, 2.75) is 0 Å². The number of carbonyl (C=O) groups is 1. The van der Waals surface area contributed by atoms with Crippen molar-refractivity contribution in [2.75, 3.05) is 31.6 Å². The monoisotopic (exact) mass is 294 g/mol. The first kappa shape index (κ1) is 15.6. The third-order valence-electron chi connectivity index (χ3n) is 2.27. The number of benzene rings is 1. The van der Waals surface area contributed by atoms with Crippen molar-refractivity contribution in [3.05, 3.63) is 28.8 Å². The number of hydrogen-bond acceptors (Lipinski definition) is 3. The van der Waals surface area contributed by atoms with Crippen molar-refractivity contribution < 1.29 is 23.8 Å². The number of hydrogen-bond donors (Lipinski definition) is 3. The van der Waals surface area contributed by atoms with Gasteiger partial charge in [-0.1, -0.05) is 11.6 Å². The van der Waals surface area contributed by atoms with E-state index in [1.165, 1.54) is 0 Å². The number of nitrogens with one attached hydrogen (secondary N) is 1. The van der Waals surface area contributed by atoms with E-state index < -0.39 is 17.7 Å². The molecular formula is C11H13ClF2N2O3. The van der Waals surface area contributed by atoms with Gasteiger partial charge in [0.25, 0.3) is 0 Å². The second-order valence-electron chi connectivity index (χ2n) is 3.61. The number of halogens is 3. The van der Waals surface area contributed by atoms with E-state index in [2.05, 4.69) is 5.32 Å². The molecule has 0 aromatic heterocycles. The first-order valence-electron chi connectivity index (χ1n) is 5.41. The molecule has 1 rings (SSSR count). The Morgan fingerprint density at radius 3 is 2.32 bits per heavy atom. The van der Waals surface area contributed by atoms with Gasteiger partial charge in [-0.25, -0.2) is 13.6 Å².